The molecular formula is C26H25F3N6O2. The molecule has 1 N–H and O–H groups in total. The first kappa shape index (κ1) is 24.5. The summed E-state index contributed by atoms with van der Waals surface area (Å²) in [6.07, 6.45) is 2.39. The third-order valence-electron chi connectivity index (χ3n) is 6.82. The highest BCUT2D eigenvalue weighted by Gasteiger charge is 2.35. The molecule has 0 bridgehead atoms. The highest BCUT2D eigenvalue weighted by atomic mass is 19.2. The van der Waals surface area contributed by atoms with Gasteiger partial charge in [-0.15, -0.1) is 0 Å². The van der Waals surface area contributed by atoms with Gasteiger partial charge >= 0.3 is 6.03 Å². The number of Topliss-reactive ketones (excluding diaryl/α,β-unsaturated/α-hetero) is 1. The van der Waals surface area contributed by atoms with Gasteiger partial charge in [-0.05, 0) is 25.5 Å². The molecule has 2 amide bonds. The van der Waals surface area contributed by atoms with Crippen molar-refractivity contribution in [1.82, 2.24) is 19.7 Å². The number of pyridine rings is 1. The van der Waals surface area contributed by atoms with Crippen LogP contribution in [0.5, 0.6) is 0 Å². The first-order valence-electron chi connectivity index (χ1n) is 11.8. The summed E-state index contributed by atoms with van der Waals surface area (Å²) in [5.74, 6) is -4.42. The summed E-state index contributed by atoms with van der Waals surface area (Å²) in [5, 5.41) is 6.96. The zero-order valence-corrected chi connectivity index (χ0v) is 20.3. The minimum atomic E-state index is -1.59. The van der Waals surface area contributed by atoms with E-state index in [0.717, 1.165) is 34.9 Å². The lowest BCUT2D eigenvalue weighted by atomic mass is 10.0. The first-order chi connectivity index (χ1) is 17.6. The van der Waals surface area contributed by atoms with Gasteiger partial charge in [-0.25, -0.2) is 22.9 Å². The Bertz CT molecular complexity index is 1400. The van der Waals surface area contributed by atoms with Crippen LogP contribution in [-0.2, 0) is 13.1 Å². The minimum Gasteiger partial charge on any atom is -0.342 e. The molecule has 192 valence electrons. The second kappa shape index (κ2) is 9.38. The number of carbonyl (C=O) groups is 2. The van der Waals surface area contributed by atoms with E-state index in [0.29, 0.717) is 25.2 Å². The monoisotopic (exact) mass is 510 g/mol. The second-order valence-corrected chi connectivity index (χ2v) is 9.40. The summed E-state index contributed by atoms with van der Waals surface area (Å²) in [6, 6.07) is 6.06. The van der Waals surface area contributed by atoms with Crippen LogP contribution in [0, 0.1) is 17.5 Å². The normalized spacial score (nSPS) is 19.2. The van der Waals surface area contributed by atoms with Crippen molar-refractivity contribution in [3.8, 4) is 0 Å². The van der Waals surface area contributed by atoms with Gasteiger partial charge in [0.15, 0.2) is 23.2 Å². The largest absolute Gasteiger partial charge is 0.342 e. The van der Waals surface area contributed by atoms with Crippen LogP contribution in [0.15, 0.2) is 48.8 Å². The van der Waals surface area contributed by atoms with Gasteiger partial charge in [0.25, 0.3) is 0 Å². The predicted molar refractivity (Wildman–Crippen MR) is 131 cm³/mol. The maximum Gasteiger partial charge on any atom is 0.322 e. The van der Waals surface area contributed by atoms with Crippen molar-refractivity contribution in [3.63, 3.8) is 0 Å². The van der Waals surface area contributed by atoms with Crippen LogP contribution in [0.1, 0.15) is 48.1 Å². The van der Waals surface area contributed by atoms with Crippen LogP contribution in [0.25, 0.3) is 0 Å². The molecule has 1 saturated heterocycles. The summed E-state index contributed by atoms with van der Waals surface area (Å²) in [7, 11) is 0. The molecule has 2 aliphatic heterocycles. The molecule has 3 aromatic rings. The van der Waals surface area contributed by atoms with E-state index < -0.39 is 23.5 Å². The smallest absolute Gasteiger partial charge is 0.322 e. The number of amides is 2. The fourth-order valence-electron chi connectivity index (χ4n) is 4.86. The number of hydrogen-bond donors (Lipinski definition) is 1. The van der Waals surface area contributed by atoms with Gasteiger partial charge in [0.1, 0.15) is 5.69 Å². The molecule has 37 heavy (non-hydrogen) atoms. The van der Waals surface area contributed by atoms with Crippen LogP contribution < -0.4 is 10.2 Å². The van der Waals surface area contributed by atoms with Crippen molar-refractivity contribution in [2.24, 2.45) is 0 Å². The number of benzene rings is 1. The van der Waals surface area contributed by atoms with E-state index in [2.05, 4.69) is 22.0 Å². The first-order valence-corrected chi connectivity index (χ1v) is 11.8. The van der Waals surface area contributed by atoms with E-state index in [4.69, 9.17) is 0 Å². The second-order valence-electron chi connectivity index (χ2n) is 9.40. The molecule has 2 atom stereocenters. The molecule has 11 heteroatoms. The Morgan fingerprint density at radius 2 is 1.86 bits per heavy atom. The highest BCUT2D eigenvalue weighted by molar-refractivity contribution is 5.92. The zero-order valence-electron chi connectivity index (χ0n) is 20.3. The molecule has 0 saturated carbocycles. The van der Waals surface area contributed by atoms with Crippen molar-refractivity contribution >= 4 is 23.2 Å². The molecule has 0 spiro atoms. The molecular weight excluding hydrogens is 485 g/mol. The number of halogens is 3. The third-order valence-corrected chi connectivity index (χ3v) is 6.82. The molecule has 1 unspecified atom stereocenters. The Hall–Kier alpha value is -4.15. The Balaban J connectivity index is 1.36. The number of nitrogens with zero attached hydrogens (tertiary/aromatic N) is 5. The number of ketones is 1. The van der Waals surface area contributed by atoms with Crippen molar-refractivity contribution < 1.29 is 22.8 Å². The lowest BCUT2D eigenvalue weighted by Gasteiger charge is -2.35. The molecule has 5 rings (SSSR count). The number of rotatable bonds is 4. The summed E-state index contributed by atoms with van der Waals surface area (Å²) < 4.78 is 42.4. The minimum absolute atomic E-state index is 0.0348. The Kier molecular flexibility index (Phi) is 6.22. The summed E-state index contributed by atoms with van der Waals surface area (Å²) in [6.45, 7) is 8.74. The molecule has 1 fully saturated rings. The summed E-state index contributed by atoms with van der Waals surface area (Å²) in [4.78, 5) is 32.9. The van der Waals surface area contributed by atoms with E-state index in [1.807, 2.05) is 28.6 Å². The molecule has 2 aliphatic rings. The summed E-state index contributed by atoms with van der Waals surface area (Å²) in [5.41, 5.74) is 3.51. The van der Waals surface area contributed by atoms with E-state index in [9.17, 15) is 22.8 Å². The van der Waals surface area contributed by atoms with E-state index >= 15 is 0 Å². The van der Waals surface area contributed by atoms with Gasteiger partial charge < -0.3 is 15.1 Å². The lowest BCUT2D eigenvalue weighted by Crippen LogP contribution is -2.47. The van der Waals surface area contributed by atoms with Gasteiger partial charge in [0.05, 0.1) is 36.7 Å². The average Bonchev–Trinajstić information content (AvgIpc) is 3.44. The SMILES string of the molecule is C=C1CC(c2cccc(C(C)=O)n2)CN1c1cnn2c1CN(C(=O)Nc1cc(F)c(F)c(F)c1)[C@@H](C)C2. The number of urea groups is 1. The Labute approximate surface area is 211 Å². The number of aromatic nitrogens is 3. The number of fused-ring (bicyclic) bond motifs is 1. The Morgan fingerprint density at radius 1 is 1.14 bits per heavy atom. The van der Waals surface area contributed by atoms with Crippen molar-refractivity contribution in [2.75, 3.05) is 16.8 Å². The molecule has 0 aliphatic carbocycles. The molecule has 2 aromatic heterocycles. The number of anilines is 2. The van der Waals surface area contributed by atoms with Gasteiger partial charge in [-0.1, -0.05) is 12.6 Å². The van der Waals surface area contributed by atoms with E-state index in [-0.39, 0.29) is 30.0 Å². The molecule has 4 heterocycles. The zero-order chi connectivity index (χ0) is 26.4. The lowest BCUT2D eigenvalue weighted by molar-refractivity contribution is 0.101. The van der Waals surface area contributed by atoms with Crippen molar-refractivity contribution in [1.29, 1.82) is 0 Å². The highest BCUT2D eigenvalue weighted by Crippen LogP contribution is 2.39. The molecule has 8 nitrogen and oxygen atoms in total. The molecule has 1 aromatic carbocycles. The van der Waals surface area contributed by atoms with Crippen molar-refractivity contribution in [3.05, 3.63) is 83.3 Å². The fraction of sp³-hybridized carbons (Fsp3) is 0.308. The van der Waals surface area contributed by atoms with Crippen LogP contribution in [0.3, 0.4) is 0 Å². The van der Waals surface area contributed by atoms with Crippen LogP contribution in [-0.4, -0.2) is 44.1 Å². The molecule has 0 radical (unpaired) electrons. The van der Waals surface area contributed by atoms with Gasteiger partial charge in [-0.3, -0.25) is 9.48 Å². The standard InChI is InChI=1S/C26H25F3N6O2/c1-14-7-17(22-6-4-5-21(32-22)16(3)36)12-33(14)23-10-30-35-11-15(2)34(13-24(23)35)26(37)31-18-8-19(27)25(29)20(28)9-18/h4-6,8-10,15,17H,1,7,11-13H2,2-3H3,(H,31,37)/t15-,17?/m0/s1. The maximum atomic E-state index is 13.6. The maximum absolute atomic E-state index is 13.6. The van der Waals surface area contributed by atoms with Gasteiger partial charge in [0, 0.05) is 48.6 Å². The topological polar surface area (TPSA) is 83.4 Å². The predicted octanol–water partition coefficient (Wildman–Crippen LogP) is 4.84. The average molecular weight is 511 g/mol. The van der Waals surface area contributed by atoms with Crippen LogP contribution in [0.4, 0.5) is 29.3 Å². The third kappa shape index (κ3) is 4.56. The quantitative estimate of drug-likeness (QED) is 0.401. The van der Waals surface area contributed by atoms with E-state index in [1.165, 1.54) is 11.8 Å². The van der Waals surface area contributed by atoms with E-state index in [1.54, 1.807) is 12.3 Å². The van der Waals surface area contributed by atoms with Gasteiger partial charge in [0.2, 0.25) is 0 Å². The van der Waals surface area contributed by atoms with Crippen LogP contribution in [0.2, 0.25) is 0 Å². The van der Waals surface area contributed by atoms with Crippen LogP contribution >= 0.6 is 0 Å². The number of hydrogen-bond acceptors (Lipinski definition) is 5. The number of carbonyl (C=O) groups excluding carboxylic acids is 2. The van der Waals surface area contributed by atoms with Crippen molar-refractivity contribution in [2.45, 2.75) is 45.3 Å². The Morgan fingerprint density at radius 3 is 2.57 bits per heavy atom. The van der Waals surface area contributed by atoms with Gasteiger partial charge in [-0.2, -0.15) is 5.10 Å². The number of allylic oxidation sites excluding steroid dienone is 1. The fourth-order valence-corrected chi connectivity index (χ4v) is 4.86. The summed E-state index contributed by atoms with van der Waals surface area (Å²) >= 11 is 0. The number of nitrogens with one attached hydrogen (secondary N) is 1.